The van der Waals surface area contributed by atoms with Crippen molar-refractivity contribution in [3.63, 3.8) is 0 Å². The first-order valence-electron chi connectivity index (χ1n) is 8.35. The van der Waals surface area contributed by atoms with Crippen molar-refractivity contribution in [2.24, 2.45) is 0 Å². The molecular weight excluding hydrogens is 316 g/mol. The number of carbonyl (C=O) groups excluding carboxylic acids is 2. The molecule has 1 fully saturated rings. The molecule has 1 aromatic heterocycles. The number of urea groups is 1. The Labute approximate surface area is 147 Å². The summed E-state index contributed by atoms with van der Waals surface area (Å²) in [6, 6.07) is 11.0. The third-order valence-corrected chi connectivity index (χ3v) is 4.42. The fourth-order valence-corrected chi connectivity index (χ4v) is 2.86. The lowest BCUT2D eigenvalue weighted by molar-refractivity contribution is -0.117. The number of carbonyl (C=O) groups is 2. The number of hydrogen-bond acceptors (Lipinski definition) is 3. The van der Waals surface area contributed by atoms with Gasteiger partial charge < -0.3 is 15.5 Å². The minimum absolute atomic E-state index is 0.0262. The number of benzene rings is 1. The number of amides is 3. The quantitative estimate of drug-likeness (QED) is 0.898. The van der Waals surface area contributed by atoms with Crippen molar-refractivity contribution in [3.8, 4) is 0 Å². The van der Waals surface area contributed by atoms with Gasteiger partial charge in [-0.15, -0.1) is 0 Å². The molecule has 25 heavy (non-hydrogen) atoms. The maximum absolute atomic E-state index is 12.3. The van der Waals surface area contributed by atoms with Crippen LogP contribution in [0.5, 0.6) is 0 Å². The molecule has 1 aromatic carbocycles. The number of nitrogens with one attached hydrogen (secondary N) is 2. The molecule has 3 rings (SSSR count). The van der Waals surface area contributed by atoms with E-state index in [4.69, 9.17) is 0 Å². The van der Waals surface area contributed by atoms with Gasteiger partial charge in [-0.1, -0.05) is 12.1 Å². The molecular formula is C19H22N4O2. The summed E-state index contributed by atoms with van der Waals surface area (Å²) in [7, 11) is 0. The van der Waals surface area contributed by atoms with Crippen LogP contribution in [0.1, 0.15) is 23.2 Å². The highest BCUT2D eigenvalue weighted by molar-refractivity contribution is 5.96. The van der Waals surface area contributed by atoms with E-state index in [1.807, 2.05) is 50.2 Å². The summed E-state index contributed by atoms with van der Waals surface area (Å²) in [5.41, 5.74) is 4.01. The number of rotatable bonds is 4. The van der Waals surface area contributed by atoms with Crippen LogP contribution < -0.4 is 15.5 Å². The Hall–Kier alpha value is -2.89. The standard InChI is InChI=1S/C19H22N4O2/c1-13-6-7-17(9-14(13)2)23-12-16(10-18(23)24)22-19(25)21-11-15-5-3-4-8-20-15/h3-9,16H,10-12H2,1-2H3,(H2,21,22,25). The number of aromatic nitrogens is 1. The lowest BCUT2D eigenvalue weighted by Gasteiger charge is -2.18. The number of aryl methyl sites for hydroxylation is 2. The van der Waals surface area contributed by atoms with E-state index < -0.39 is 0 Å². The Morgan fingerprint density at radius 1 is 1.24 bits per heavy atom. The zero-order chi connectivity index (χ0) is 17.8. The van der Waals surface area contributed by atoms with Gasteiger partial charge in [0.15, 0.2) is 0 Å². The Kier molecular flexibility index (Phi) is 4.97. The fraction of sp³-hybridized carbons (Fsp3) is 0.316. The van der Waals surface area contributed by atoms with Crippen LogP contribution in [0.4, 0.5) is 10.5 Å². The molecule has 2 N–H and O–H groups in total. The van der Waals surface area contributed by atoms with Gasteiger partial charge in [0.2, 0.25) is 5.91 Å². The SMILES string of the molecule is Cc1ccc(N2CC(NC(=O)NCc3ccccn3)CC2=O)cc1C. The summed E-state index contributed by atoms with van der Waals surface area (Å²) in [6.45, 7) is 4.91. The summed E-state index contributed by atoms with van der Waals surface area (Å²) < 4.78 is 0. The maximum atomic E-state index is 12.3. The highest BCUT2D eigenvalue weighted by Gasteiger charge is 2.31. The Morgan fingerprint density at radius 3 is 2.80 bits per heavy atom. The Bertz CT molecular complexity index is 776. The normalized spacial score (nSPS) is 16.8. The summed E-state index contributed by atoms with van der Waals surface area (Å²) in [4.78, 5) is 30.2. The molecule has 6 heteroatoms. The van der Waals surface area contributed by atoms with E-state index in [9.17, 15) is 9.59 Å². The van der Waals surface area contributed by atoms with Crippen molar-refractivity contribution < 1.29 is 9.59 Å². The van der Waals surface area contributed by atoms with Crippen LogP contribution >= 0.6 is 0 Å². The van der Waals surface area contributed by atoms with Crippen molar-refractivity contribution in [2.75, 3.05) is 11.4 Å². The molecule has 0 aliphatic carbocycles. The molecule has 1 aliphatic rings. The molecule has 0 radical (unpaired) electrons. The van der Waals surface area contributed by atoms with Gasteiger partial charge in [-0.3, -0.25) is 9.78 Å². The third-order valence-electron chi connectivity index (χ3n) is 4.42. The molecule has 1 unspecified atom stereocenters. The summed E-state index contributed by atoms with van der Waals surface area (Å²) in [5.74, 6) is 0.0262. The van der Waals surface area contributed by atoms with Crippen molar-refractivity contribution >= 4 is 17.6 Å². The second-order valence-electron chi connectivity index (χ2n) is 6.32. The first-order valence-corrected chi connectivity index (χ1v) is 8.35. The first kappa shape index (κ1) is 17.0. The van der Waals surface area contributed by atoms with Gasteiger partial charge in [-0.25, -0.2) is 4.79 Å². The van der Waals surface area contributed by atoms with E-state index in [0.29, 0.717) is 19.5 Å². The van der Waals surface area contributed by atoms with Gasteiger partial charge in [-0.05, 0) is 49.2 Å². The minimum atomic E-state index is -0.287. The highest BCUT2D eigenvalue weighted by Crippen LogP contribution is 2.24. The van der Waals surface area contributed by atoms with Crippen molar-refractivity contribution in [1.29, 1.82) is 0 Å². The topological polar surface area (TPSA) is 74.3 Å². The van der Waals surface area contributed by atoms with Crippen LogP contribution in [-0.2, 0) is 11.3 Å². The lowest BCUT2D eigenvalue weighted by Crippen LogP contribution is -2.43. The maximum Gasteiger partial charge on any atom is 0.315 e. The second kappa shape index (κ2) is 7.34. The van der Waals surface area contributed by atoms with Gasteiger partial charge >= 0.3 is 6.03 Å². The first-order chi connectivity index (χ1) is 12.0. The molecule has 1 atom stereocenters. The van der Waals surface area contributed by atoms with Crippen molar-refractivity contribution in [3.05, 3.63) is 59.4 Å². The minimum Gasteiger partial charge on any atom is -0.333 e. The largest absolute Gasteiger partial charge is 0.333 e. The molecule has 6 nitrogen and oxygen atoms in total. The van der Waals surface area contributed by atoms with E-state index in [0.717, 1.165) is 16.9 Å². The van der Waals surface area contributed by atoms with Crippen LogP contribution in [0.15, 0.2) is 42.6 Å². The zero-order valence-corrected chi connectivity index (χ0v) is 14.5. The van der Waals surface area contributed by atoms with Crippen LogP contribution in [-0.4, -0.2) is 29.5 Å². The monoisotopic (exact) mass is 338 g/mol. The summed E-state index contributed by atoms with van der Waals surface area (Å²) in [6.07, 6.45) is 2.00. The summed E-state index contributed by atoms with van der Waals surface area (Å²) in [5, 5.41) is 5.63. The van der Waals surface area contributed by atoms with Gasteiger partial charge in [0, 0.05) is 24.8 Å². The predicted molar refractivity (Wildman–Crippen MR) is 96.3 cm³/mol. The molecule has 1 saturated heterocycles. The molecule has 1 aliphatic heterocycles. The summed E-state index contributed by atoms with van der Waals surface area (Å²) >= 11 is 0. The van der Waals surface area contributed by atoms with Gasteiger partial charge in [0.25, 0.3) is 0 Å². The van der Waals surface area contributed by atoms with Crippen molar-refractivity contribution in [2.45, 2.75) is 32.9 Å². The van der Waals surface area contributed by atoms with Gasteiger partial charge in [-0.2, -0.15) is 0 Å². The van der Waals surface area contributed by atoms with Crippen LogP contribution in [0, 0.1) is 13.8 Å². The van der Waals surface area contributed by atoms with Gasteiger partial charge in [0.1, 0.15) is 0 Å². The second-order valence-corrected chi connectivity index (χ2v) is 6.32. The average Bonchev–Trinajstić information content (AvgIpc) is 2.96. The molecule has 3 amide bonds. The van der Waals surface area contributed by atoms with Gasteiger partial charge in [0.05, 0.1) is 18.3 Å². The van der Waals surface area contributed by atoms with E-state index in [2.05, 4.69) is 15.6 Å². The van der Waals surface area contributed by atoms with E-state index in [1.165, 1.54) is 5.56 Å². The van der Waals surface area contributed by atoms with Crippen molar-refractivity contribution in [1.82, 2.24) is 15.6 Å². The van der Waals surface area contributed by atoms with Crippen LogP contribution in [0.3, 0.4) is 0 Å². The molecule has 0 bridgehead atoms. The number of nitrogens with zero attached hydrogens (tertiary/aromatic N) is 2. The van der Waals surface area contributed by atoms with Crippen LogP contribution in [0.25, 0.3) is 0 Å². The smallest absolute Gasteiger partial charge is 0.315 e. The molecule has 0 saturated carbocycles. The van der Waals surface area contributed by atoms with E-state index in [-0.39, 0.29) is 18.0 Å². The molecule has 2 heterocycles. The number of hydrogen-bond donors (Lipinski definition) is 2. The zero-order valence-electron chi connectivity index (χ0n) is 14.5. The Balaban J connectivity index is 1.55. The van der Waals surface area contributed by atoms with E-state index in [1.54, 1.807) is 11.1 Å². The fourth-order valence-electron chi connectivity index (χ4n) is 2.86. The third kappa shape index (κ3) is 4.15. The molecule has 2 aromatic rings. The average molecular weight is 338 g/mol. The molecule has 0 spiro atoms. The van der Waals surface area contributed by atoms with Crippen LogP contribution in [0.2, 0.25) is 0 Å². The molecule has 130 valence electrons. The number of anilines is 1. The number of pyridine rings is 1. The lowest BCUT2D eigenvalue weighted by atomic mass is 10.1. The highest BCUT2D eigenvalue weighted by atomic mass is 16.2. The van der Waals surface area contributed by atoms with E-state index >= 15 is 0 Å². The predicted octanol–water partition coefficient (Wildman–Crippen LogP) is 2.30. The Morgan fingerprint density at radius 2 is 2.08 bits per heavy atom.